The fraction of sp³-hybridized carbons (Fsp3) is 0.500. The summed E-state index contributed by atoms with van der Waals surface area (Å²) < 4.78 is 6.98. The molecule has 0 unspecified atom stereocenters. The van der Waals surface area contributed by atoms with Crippen molar-refractivity contribution in [1.82, 2.24) is 4.57 Å². The van der Waals surface area contributed by atoms with Gasteiger partial charge in [-0.1, -0.05) is 13.8 Å². The first-order valence-corrected chi connectivity index (χ1v) is 7.71. The van der Waals surface area contributed by atoms with E-state index in [1.54, 1.807) is 0 Å². The normalized spacial score (nSPS) is 11.4. The van der Waals surface area contributed by atoms with E-state index in [0.29, 0.717) is 5.92 Å². The van der Waals surface area contributed by atoms with Crippen LogP contribution in [0.5, 0.6) is 0 Å². The van der Waals surface area contributed by atoms with Crippen molar-refractivity contribution in [3.8, 4) is 6.07 Å². The minimum absolute atomic E-state index is 0.102. The van der Waals surface area contributed by atoms with Crippen molar-refractivity contribution < 1.29 is 14.3 Å². The maximum Gasteiger partial charge on any atom is 0.349 e. The molecule has 0 aliphatic heterocycles. The van der Waals surface area contributed by atoms with Crippen LogP contribution in [0.3, 0.4) is 0 Å². The molecule has 0 saturated heterocycles. The second kappa shape index (κ2) is 8.33. The first-order chi connectivity index (χ1) is 10.8. The lowest BCUT2D eigenvalue weighted by Gasteiger charge is -2.11. The van der Waals surface area contributed by atoms with Crippen LogP contribution in [0.1, 0.15) is 44.1 Å². The third-order valence-electron chi connectivity index (χ3n) is 3.59. The zero-order valence-corrected chi connectivity index (χ0v) is 14.5. The Morgan fingerprint density at radius 3 is 2.57 bits per heavy atom. The van der Waals surface area contributed by atoms with Gasteiger partial charge >= 0.3 is 5.97 Å². The van der Waals surface area contributed by atoms with E-state index in [9.17, 15) is 9.59 Å². The minimum atomic E-state index is -0.769. The topological polar surface area (TPSA) is 72.1 Å². The highest BCUT2D eigenvalue weighted by Gasteiger charge is 2.14. The molecule has 1 aromatic rings. The molecule has 5 heteroatoms. The highest BCUT2D eigenvalue weighted by atomic mass is 16.5. The molecule has 0 saturated carbocycles. The number of carbonyl (C=O) groups is 2. The van der Waals surface area contributed by atoms with Crippen LogP contribution in [0.4, 0.5) is 0 Å². The molecule has 0 amide bonds. The fourth-order valence-corrected chi connectivity index (χ4v) is 2.24. The second-order valence-corrected chi connectivity index (χ2v) is 6.11. The Bertz CT molecular complexity index is 661. The van der Waals surface area contributed by atoms with Crippen molar-refractivity contribution >= 4 is 17.8 Å². The van der Waals surface area contributed by atoms with Crippen LogP contribution in [0.15, 0.2) is 11.6 Å². The van der Waals surface area contributed by atoms with E-state index in [4.69, 9.17) is 10.00 Å². The zero-order valence-electron chi connectivity index (χ0n) is 14.5. The Kier molecular flexibility index (Phi) is 6.77. The van der Waals surface area contributed by atoms with Gasteiger partial charge in [0.05, 0.1) is 0 Å². The van der Waals surface area contributed by atoms with Crippen LogP contribution in [0, 0.1) is 31.1 Å². The molecule has 0 spiro atoms. The first-order valence-electron chi connectivity index (χ1n) is 7.71. The van der Waals surface area contributed by atoms with Crippen LogP contribution in [-0.2, 0) is 20.9 Å². The van der Waals surface area contributed by atoms with Crippen molar-refractivity contribution in [3.63, 3.8) is 0 Å². The summed E-state index contributed by atoms with van der Waals surface area (Å²) in [7, 11) is 0. The lowest BCUT2D eigenvalue weighted by Crippen LogP contribution is -2.12. The molecule has 1 aromatic heterocycles. The van der Waals surface area contributed by atoms with Gasteiger partial charge < -0.3 is 9.30 Å². The number of ketones is 1. The van der Waals surface area contributed by atoms with E-state index < -0.39 is 5.97 Å². The number of nitriles is 1. The molecule has 0 fully saturated rings. The van der Waals surface area contributed by atoms with Gasteiger partial charge in [-0.15, -0.1) is 0 Å². The van der Waals surface area contributed by atoms with Gasteiger partial charge in [-0.2, -0.15) is 5.26 Å². The molecule has 0 bridgehead atoms. The van der Waals surface area contributed by atoms with E-state index in [0.717, 1.165) is 29.9 Å². The monoisotopic (exact) mass is 316 g/mol. The van der Waals surface area contributed by atoms with Gasteiger partial charge in [0, 0.05) is 17.9 Å². The van der Waals surface area contributed by atoms with Gasteiger partial charge in [0.2, 0.25) is 0 Å². The fourth-order valence-electron chi connectivity index (χ4n) is 2.24. The molecule has 124 valence electrons. The Morgan fingerprint density at radius 2 is 2.04 bits per heavy atom. The Labute approximate surface area is 137 Å². The summed E-state index contributed by atoms with van der Waals surface area (Å²) in [5, 5.41) is 9.16. The third-order valence-corrected chi connectivity index (χ3v) is 3.59. The summed E-state index contributed by atoms with van der Waals surface area (Å²) in [6.45, 7) is 10.2. The highest BCUT2D eigenvalue weighted by molar-refractivity contribution is 5.99. The molecule has 0 aliphatic carbocycles. The first kappa shape index (κ1) is 18.7. The van der Waals surface area contributed by atoms with Crippen LogP contribution < -0.4 is 0 Å². The van der Waals surface area contributed by atoms with Crippen molar-refractivity contribution in [2.75, 3.05) is 6.61 Å². The summed E-state index contributed by atoms with van der Waals surface area (Å²) in [4.78, 5) is 22.7. The van der Waals surface area contributed by atoms with Crippen LogP contribution in [-0.4, -0.2) is 22.9 Å². The van der Waals surface area contributed by atoms with Crippen LogP contribution >= 0.6 is 0 Å². The maximum absolute atomic E-state index is 11.8. The van der Waals surface area contributed by atoms with E-state index in [1.807, 2.05) is 26.0 Å². The number of rotatable bonds is 7. The predicted molar refractivity (Wildman–Crippen MR) is 88.6 cm³/mol. The third kappa shape index (κ3) is 5.41. The number of carbonyl (C=O) groups excluding carboxylic acids is 2. The summed E-state index contributed by atoms with van der Waals surface area (Å²) in [6.07, 6.45) is 2.59. The molecule has 0 aliphatic rings. The van der Waals surface area contributed by atoms with Crippen molar-refractivity contribution in [2.45, 2.75) is 47.6 Å². The number of esters is 1. The van der Waals surface area contributed by atoms with E-state index in [1.165, 1.54) is 13.0 Å². The Balaban J connectivity index is 3.01. The Morgan fingerprint density at radius 1 is 1.39 bits per heavy atom. The van der Waals surface area contributed by atoms with Gasteiger partial charge in [-0.3, -0.25) is 4.79 Å². The largest absolute Gasteiger partial charge is 0.454 e. The standard InChI is InChI=1S/C18H24N2O3/c1-12(2)6-7-20-13(3)8-16(15(20)5)9-17(10-19)18(22)23-11-14(4)21/h8-9,12H,6-7,11H2,1-5H3/b17-9+. The lowest BCUT2D eigenvalue weighted by molar-refractivity contribution is -0.143. The number of aromatic nitrogens is 1. The number of aryl methyl sites for hydroxylation is 1. The molecular formula is C18H24N2O3. The average Bonchev–Trinajstić information content (AvgIpc) is 2.74. The molecule has 0 aromatic carbocycles. The molecule has 5 nitrogen and oxygen atoms in total. The summed E-state index contributed by atoms with van der Waals surface area (Å²) >= 11 is 0. The van der Waals surface area contributed by atoms with Crippen molar-refractivity contribution in [2.24, 2.45) is 5.92 Å². The van der Waals surface area contributed by atoms with Crippen molar-refractivity contribution in [1.29, 1.82) is 5.26 Å². The van der Waals surface area contributed by atoms with Gasteiger partial charge in [0.15, 0.2) is 5.78 Å². The van der Waals surface area contributed by atoms with Gasteiger partial charge in [-0.05, 0) is 50.8 Å². The van der Waals surface area contributed by atoms with Crippen LogP contribution in [0.25, 0.3) is 6.08 Å². The molecule has 0 radical (unpaired) electrons. The molecule has 23 heavy (non-hydrogen) atoms. The molecular weight excluding hydrogens is 292 g/mol. The van der Waals surface area contributed by atoms with Gasteiger partial charge in [-0.25, -0.2) is 4.79 Å². The number of Topliss-reactive ketones (excluding diaryl/α,β-unsaturated/α-hetero) is 1. The molecule has 0 atom stereocenters. The quantitative estimate of drug-likeness (QED) is 0.440. The number of hydrogen-bond acceptors (Lipinski definition) is 4. The zero-order chi connectivity index (χ0) is 17.6. The predicted octanol–water partition coefficient (Wildman–Crippen LogP) is 3.19. The van der Waals surface area contributed by atoms with Gasteiger partial charge in [0.25, 0.3) is 0 Å². The summed E-state index contributed by atoms with van der Waals surface area (Å²) in [5.41, 5.74) is 2.82. The molecule has 0 N–H and O–H groups in total. The SMILES string of the molecule is CC(=O)COC(=O)/C(C#N)=C/c1cc(C)n(CCC(C)C)c1C. The minimum Gasteiger partial charge on any atom is -0.454 e. The van der Waals surface area contributed by atoms with Crippen molar-refractivity contribution in [3.05, 3.63) is 28.6 Å². The summed E-state index contributed by atoms with van der Waals surface area (Å²) in [5.74, 6) is -0.427. The molecule has 1 heterocycles. The number of nitrogens with zero attached hydrogens (tertiary/aromatic N) is 2. The maximum atomic E-state index is 11.8. The van der Waals surface area contributed by atoms with E-state index in [-0.39, 0.29) is 18.0 Å². The Hall–Kier alpha value is -2.35. The highest BCUT2D eigenvalue weighted by Crippen LogP contribution is 2.20. The summed E-state index contributed by atoms with van der Waals surface area (Å²) in [6, 6.07) is 3.80. The molecule has 1 rings (SSSR count). The van der Waals surface area contributed by atoms with Gasteiger partial charge in [0.1, 0.15) is 18.2 Å². The number of ether oxygens (including phenoxy) is 1. The number of hydrogen-bond donors (Lipinski definition) is 0. The lowest BCUT2D eigenvalue weighted by atomic mass is 10.1. The van der Waals surface area contributed by atoms with E-state index in [2.05, 4.69) is 18.4 Å². The smallest absolute Gasteiger partial charge is 0.349 e. The van der Waals surface area contributed by atoms with Crippen LogP contribution in [0.2, 0.25) is 0 Å². The van der Waals surface area contributed by atoms with E-state index >= 15 is 0 Å². The average molecular weight is 316 g/mol. The second-order valence-electron chi connectivity index (χ2n) is 6.11.